The van der Waals surface area contributed by atoms with E-state index in [1.165, 1.54) is 28.8 Å². The van der Waals surface area contributed by atoms with Crippen molar-refractivity contribution in [3.63, 3.8) is 0 Å². The van der Waals surface area contributed by atoms with Crippen molar-refractivity contribution in [3.05, 3.63) is 47.3 Å². The van der Waals surface area contributed by atoms with E-state index in [4.69, 9.17) is 4.98 Å². The molecule has 1 aromatic carbocycles. The van der Waals surface area contributed by atoms with Crippen LogP contribution in [0.15, 0.2) is 30.3 Å². The normalized spacial score (nSPS) is 16.2. The summed E-state index contributed by atoms with van der Waals surface area (Å²) in [5.74, 6) is 0.623. The Labute approximate surface area is 160 Å². The second-order valence-corrected chi connectivity index (χ2v) is 9.13. The minimum atomic E-state index is -0.137. The lowest BCUT2D eigenvalue weighted by Gasteiger charge is -2.36. The van der Waals surface area contributed by atoms with Crippen LogP contribution >= 0.6 is 0 Å². The second-order valence-electron chi connectivity index (χ2n) is 9.13. The molecule has 2 aromatic heterocycles. The highest BCUT2D eigenvalue weighted by molar-refractivity contribution is 5.86. The maximum Gasteiger partial charge on any atom is 0.207 e. The number of aromatic nitrogens is 5. The number of H-pyrrole nitrogens is 1. The Kier molecular flexibility index (Phi) is 4.13. The molecule has 0 fully saturated rings. The summed E-state index contributed by atoms with van der Waals surface area (Å²) in [4.78, 5) is 5.26. The SMILES string of the molecule is CC(C)(C)c1nc2c(c(-c3ccccc3)c1-c1nn[nH]n1)CCCC2(C)C. The number of hydrogen-bond donors (Lipinski definition) is 1. The second kappa shape index (κ2) is 6.25. The van der Waals surface area contributed by atoms with Crippen molar-refractivity contribution in [1.82, 2.24) is 25.6 Å². The molecule has 140 valence electrons. The molecule has 1 N–H and O–H groups in total. The first kappa shape index (κ1) is 17.8. The van der Waals surface area contributed by atoms with Gasteiger partial charge in [0, 0.05) is 10.8 Å². The molecule has 0 bridgehead atoms. The smallest absolute Gasteiger partial charge is 0.207 e. The van der Waals surface area contributed by atoms with Crippen LogP contribution in [0.5, 0.6) is 0 Å². The quantitative estimate of drug-likeness (QED) is 0.709. The van der Waals surface area contributed by atoms with Crippen molar-refractivity contribution in [2.45, 2.75) is 64.7 Å². The summed E-state index contributed by atoms with van der Waals surface area (Å²) in [6, 6.07) is 10.6. The lowest BCUT2D eigenvalue weighted by Crippen LogP contribution is -2.29. The Morgan fingerprint density at radius 3 is 2.41 bits per heavy atom. The summed E-state index contributed by atoms with van der Waals surface area (Å²) < 4.78 is 0. The van der Waals surface area contributed by atoms with Crippen LogP contribution in [0.1, 0.15) is 64.4 Å². The van der Waals surface area contributed by atoms with Gasteiger partial charge in [-0.3, -0.25) is 4.98 Å². The molecule has 1 aliphatic rings. The molecule has 2 heterocycles. The van der Waals surface area contributed by atoms with Gasteiger partial charge in [-0.1, -0.05) is 65.0 Å². The monoisotopic (exact) mass is 361 g/mol. The average Bonchev–Trinajstić information content (AvgIpc) is 3.14. The molecule has 27 heavy (non-hydrogen) atoms. The van der Waals surface area contributed by atoms with Crippen molar-refractivity contribution >= 4 is 0 Å². The van der Waals surface area contributed by atoms with E-state index in [-0.39, 0.29) is 10.8 Å². The van der Waals surface area contributed by atoms with Crippen LogP contribution < -0.4 is 0 Å². The van der Waals surface area contributed by atoms with Gasteiger partial charge in [0.2, 0.25) is 5.82 Å². The number of fused-ring (bicyclic) bond motifs is 1. The van der Waals surface area contributed by atoms with Crippen LogP contribution in [-0.2, 0) is 17.3 Å². The Hall–Kier alpha value is -2.56. The number of tetrazole rings is 1. The predicted octanol–water partition coefficient (Wildman–Crippen LogP) is 4.84. The van der Waals surface area contributed by atoms with Crippen molar-refractivity contribution in [2.24, 2.45) is 0 Å². The predicted molar refractivity (Wildman–Crippen MR) is 108 cm³/mol. The molecule has 0 aliphatic heterocycles. The Balaban J connectivity index is 2.17. The van der Waals surface area contributed by atoms with E-state index in [2.05, 4.69) is 85.6 Å². The Morgan fingerprint density at radius 1 is 1.04 bits per heavy atom. The average molecular weight is 361 g/mol. The van der Waals surface area contributed by atoms with Gasteiger partial charge < -0.3 is 0 Å². The van der Waals surface area contributed by atoms with Gasteiger partial charge in [-0.05, 0) is 41.2 Å². The Morgan fingerprint density at radius 2 is 1.78 bits per heavy atom. The Bertz CT molecular complexity index is 951. The largest absolute Gasteiger partial charge is 0.256 e. The zero-order valence-electron chi connectivity index (χ0n) is 16.8. The van der Waals surface area contributed by atoms with E-state index < -0.39 is 0 Å². The number of rotatable bonds is 2. The molecule has 0 amide bonds. The molecule has 0 atom stereocenters. The molecule has 0 radical (unpaired) electrons. The van der Waals surface area contributed by atoms with Gasteiger partial charge in [-0.2, -0.15) is 5.21 Å². The molecular formula is C22H27N5. The molecular weight excluding hydrogens is 334 g/mol. The van der Waals surface area contributed by atoms with Crippen molar-refractivity contribution in [3.8, 4) is 22.5 Å². The lowest BCUT2D eigenvalue weighted by atomic mass is 9.71. The summed E-state index contributed by atoms with van der Waals surface area (Å²) >= 11 is 0. The number of pyridine rings is 1. The zero-order valence-corrected chi connectivity index (χ0v) is 16.8. The third-order valence-corrected chi connectivity index (χ3v) is 5.51. The van der Waals surface area contributed by atoms with Crippen molar-refractivity contribution < 1.29 is 0 Å². The molecule has 5 nitrogen and oxygen atoms in total. The first-order valence-electron chi connectivity index (χ1n) is 9.66. The van der Waals surface area contributed by atoms with E-state index in [0.717, 1.165) is 24.1 Å². The molecule has 0 saturated heterocycles. The molecule has 3 aromatic rings. The van der Waals surface area contributed by atoms with E-state index in [1.807, 2.05) is 0 Å². The summed E-state index contributed by atoms with van der Waals surface area (Å²) in [6.07, 6.45) is 3.36. The summed E-state index contributed by atoms with van der Waals surface area (Å²) in [7, 11) is 0. The fraction of sp³-hybridized carbons (Fsp3) is 0.455. The number of hydrogen-bond acceptors (Lipinski definition) is 4. The number of aromatic amines is 1. The highest BCUT2D eigenvalue weighted by Crippen LogP contribution is 2.46. The third-order valence-electron chi connectivity index (χ3n) is 5.51. The minimum Gasteiger partial charge on any atom is -0.256 e. The van der Waals surface area contributed by atoms with Crippen LogP contribution in [0.25, 0.3) is 22.5 Å². The number of nitrogens with zero attached hydrogens (tertiary/aromatic N) is 4. The maximum absolute atomic E-state index is 5.26. The van der Waals surface area contributed by atoms with Crippen LogP contribution in [0.4, 0.5) is 0 Å². The van der Waals surface area contributed by atoms with Crippen LogP contribution in [0.3, 0.4) is 0 Å². The number of nitrogens with one attached hydrogen (secondary N) is 1. The summed E-state index contributed by atoms with van der Waals surface area (Å²) in [6.45, 7) is 11.2. The zero-order chi connectivity index (χ0) is 19.2. The molecule has 0 spiro atoms. The van der Waals surface area contributed by atoms with Gasteiger partial charge in [0.05, 0.1) is 17.0 Å². The van der Waals surface area contributed by atoms with Crippen LogP contribution in [0, 0.1) is 0 Å². The van der Waals surface area contributed by atoms with Crippen molar-refractivity contribution in [2.75, 3.05) is 0 Å². The summed E-state index contributed by atoms with van der Waals surface area (Å²) in [5.41, 5.74) is 6.96. The highest BCUT2D eigenvalue weighted by atomic mass is 15.5. The molecule has 0 saturated carbocycles. The van der Waals surface area contributed by atoms with Crippen molar-refractivity contribution in [1.29, 1.82) is 0 Å². The van der Waals surface area contributed by atoms with Gasteiger partial charge in [0.1, 0.15) is 0 Å². The van der Waals surface area contributed by atoms with E-state index in [9.17, 15) is 0 Å². The minimum absolute atomic E-state index is 0.0624. The van der Waals surface area contributed by atoms with Gasteiger partial charge >= 0.3 is 0 Å². The van der Waals surface area contributed by atoms with Crippen LogP contribution in [-0.4, -0.2) is 25.6 Å². The van der Waals surface area contributed by atoms with Gasteiger partial charge in [-0.25, -0.2) is 0 Å². The van der Waals surface area contributed by atoms with Crippen LogP contribution in [0.2, 0.25) is 0 Å². The molecule has 4 rings (SSSR count). The number of benzene rings is 1. The fourth-order valence-electron chi connectivity index (χ4n) is 4.20. The molecule has 0 unspecified atom stereocenters. The first-order chi connectivity index (χ1) is 12.8. The van der Waals surface area contributed by atoms with E-state index in [1.54, 1.807) is 0 Å². The maximum atomic E-state index is 5.26. The third kappa shape index (κ3) is 3.05. The van der Waals surface area contributed by atoms with E-state index >= 15 is 0 Å². The topological polar surface area (TPSA) is 67.3 Å². The standard InChI is InChI=1S/C22H27N5/c1-21(2,3)19-17(20-24-26-27-25-20)16(14-10-7-6-8-11-14)15-12-9-13-22(4,5)18(15)23-19/h6-8,10-11H,9,12-13H2,1-5H3,(H,24,25,26,27). The van der Waals surface area contributed by atoms with Gasteiger partial charge in [0.25, 0.3) is 0 Å². The van der Waals surface area contributed by atoms with Gasteiger partial charge in [0.15, 0.2) is 0 Å². The summed E-state index contributed by atoms with van der Waals surface area (Å²) in [5, 5.41) is 15.1. The van der Waals surface area contributed by atoms with E-state index in [0.29, 0.717) is 5.82 Å². The fourth-order valence-corrected chi connectivity index (χ4v) is 4.20. The molecule has 1 aliphatic carbocycles. The van der Waals surface area contributed by atoms with Gasteiger partial charge in [-0.15, -0.1) is 10.2 Å². The first-order valence-corrected chi connectivity index (χ1v) is 9.66. The molecule has 5 heteroatoms. The lowest BCUT2D eigenvalue weighted by molar-refractivity contribution is 0.413. The highest BCUT2D eigenvalue weighted by Gasteiger charge is 2.36.